The molecule has 3 N–H and O–H groups in total. The van der Waals surface area contributed by atoms with E-state index >= 15 is 0 Å². The van der Waals surface area contributed by atoms with Gasteiger partial charge in [-0.2, -0.15) is 0 Å². The molecule has 0 aliphatic heterocycles. The molecule has 2 rings (SSSR count). The van der Waals surface area contributed by atoms with Crippen molar-refractivity contribution in [2.75, 3.05) is 20.8 Å². The van der Waals surface area contributed by atoms with Crippen LogP contribution in [0.5, 0.6) is 11.5 Å². The summed E-state index contributed by atoms with van der Waals surface area (Å²) in [4.78, 5) is 12.2. The van der Waals surface area contributed by atoms with Crippen LogP contribution in [0, 0.1) is 13.8 Å². The third kappa shape index (κ3) is 5.86. The summed E-state index contributed by atoms with van der Waals surface area (Å²) in [6.07, 6.45) is 0.743. The van der Waals surface area contributed by atoms with Crippen LogP contribution in [-0.4, -0.2) is 31.8 Å². The Hall–Kier alpha value is -2.80. The average molecular weight is 388 g/mol. The number of aryl methyl sites for hydroxylation is 2. The molecule has 0 saturated heterocycles. The summed E-state index contributed by atoms with van der Waals surface area (Å²) in [6.45, 7) is 4.59. The Balaban J connectivity index is 1.77. The molecule has 7 heteroatoms. The van der Waals surface area contributed by atoms with Crippen molar-refractivity contribution >= 4 is 23.2 Å². The van der Waals surface area contributed by atoms with E-state index in [1.807, 2.05) is 44.2 Å². The van der Waals surface area contributed by atoms with E-state index in [0.717, 1.165) is 23.1 Å². The molecule has 144 valence electrons. The topological polar surface area (TPSA) is 71.6 Å². The molecule has 6 nitrogen and oxygen atoms in total. The second-order valence-electron chi connectivity index (χ2n) is 6.07. The van der Waals surface area contributed by atoms with Crippen molar-refractivity contribution in [1.82, 2.24) is 16.2 Å². The van der Waals surface area contributed by atoms with Crippen molar-refractivity contribution < 1.29 is 14.3 Å². The lowest BCUT2D eigenvalue weighted by molar-refractivity contribution is 0.0943. The zero-order valence-electron chi connectivity index (χ0n) is 16.0. The summed E-state index contributed by atoms with van der Waals surface area (Å²) in [5.74, 6) is 1.15. The van der Waals surface area contributed by atoms with E-state index in [1.54, 1.807) is 20.3 Å². The quantitative estimate of drug-likeness (QED) is 0.523. The van der Waals surface area contributed by atoms with E-state index in [0.29, 0.717) is 28.7 Å². The normalized spacial score (nSPS) is 10.1. The summed E-state index contributed by atoms with van der Waals surface area (Å²) in [6, 6.07) is 11.3. The van der Waals surface area contributed by atoms with Gasteiger partial charge in [-0.05, 0) is 73.4 Å². The minimum atomic E-state index is -0.234. The van der Waals surface area contributed by atoms with Crippen LogP contribution in [0.25, 0.3) is 0 Å². The van der Waals surface area contributed by atoms with Crippen LogP contribution in [0.3, 0.4) is 0 Å². The zero-order valence-corrected chi connectivity index (χ0v) is 16.8. The van der Waals surface area contributed by atoms with Gasteiger partial charge in [0.05, 0.1) is 14.2 Å². The molecule has 0 unspecified atom stereocenters. The smallest absolute Gasteiger partial charge is 0.269 e. The Bertz CT molecular complexity index is 824. The highest BCUT2D eigenvalue weighted by Gasteiger charge is 2.07. The Morgan fingerprint density at radius 1 is 0.963 bits per heavy atom. The third-order valence-corrected chi connectivity index (χ3v) is 4.45. The Labute approximate surface area is 165 Å². The fourth-order valence-corrected chi connectivity index (χ4v) is 2.62. The molecule has 0 atom stereocenters. The van der Waals surface area contributed by atoms with Crippen molar-refractivity contribution in [3.63, 3.8) is 0 Å². The molecule has 2 aromatic carbocycles. The second kappa shape index (κ2) is 9.78. The molecule has 27 heavy (non-hydrogen) atoms. The van der Waals surface area contributed by atoms with E-state index in [4.69, 9.17) is 21.7 Å². The number of carbonyl (C=O) groups is 1. The first-order valence-electron chi connectivity index (χ1n) is 8.57. The maximum absolute atomic E-state index is 12.2. The van der Waals surface area contributed by atoms with E-state index in [9.17, 15) is 4.79 Å². The summed E-state index contributed by atoms with van der Waals surface area (Å²) in [7, 11) is 3.21. The second-order valence-corrected chi connectivity index (χ2v) is 6.48. The van der Waals surface area contributed by atoms with E-state index in [-0.39, 0.29) is 5.91 Å². The average Bonchev–Trinajstić information content (AvgIpc) is 2.68. The number of benzene rings is 2. The SMILES string of the molecule is COc1ccc(CCNC(=S)NNC(=O)c2ccc(C)c(C)c2)cc1OC. The molecule has 0 bridgehead atoms. The number of nitrogens with one attached hydrogen (secondary N) is 3. The van der Waals surface area contributed by atoms with Crippen LogP contribution < -0.4 is 25.6 Å². The van der Waals surface area contributed by atoms with Crippen LogP contribution >= 0.6 is 12.2 Å². The van der Waals surface area contributed by atoms with Gasteiger partial charge in [0, 0.05) is 12.1 Å². The highest BCUT2D eigenvalue weighted by Crippen LogP contribution is 2.27. The Kier molecular flexibility index (Phi) is 7.43. The Morgan fingerprint density at radius 3 is 2.37 bits per heavy atom. The van der Waals surface area contributed by atoms with Gasteiger partial charge in [-0.1, -0.05) is 12.1 Å². The first-order chi connectivity index (χ1) is 12.9. The molecule has 0 radical (unpaired) electrons. The predicted molar refractivity (Wildman–Crippen MR) is 110 cm³/mol. The monoisotopic (exact) mass is 387 g/mol. The lowest BCUT2D eigenvalue weighted by Gasteiger charge is -2.13. The Morgan fingerprint density at radius 2 is 1.70 bits per heavy atom. The fraction of sp³-hybridized carbons (Fsp3) is 0.300. The fourth-order valence-electron chi connectivity index (χ4n) is 2.47. The standard InChI is InChI=1S/C20H25N3O3S/c1-13-5-7-16(11-14(13)2)19(24)22-23-20(27)21-10-9-15-6-8-17(25-3)18(12-15)26-4/h5-8,11-12H,9-10H2,1-4H3,(H,22,24)(H2,21,23,27). The minimum Gasteiger partial charge on any atom is -0.493 e. The lowest BCUT2D eigenvalue weighted by atomic mass is 10.1. The maximum Gasteiger partial charge on any atom is 0.269 e. The highest BCUT2D eigenvalue weighted by atomic mass is 32.1. The number of rotatable bonds is 6. The van der Waals surface area contributed by atoms with Crippen molar-refractivity contribution in [2.45, 2.75) is 20.3 Å². The van der Waals surface area contributed by atoms with Gasteiger partial charge < -0.3 is 14.8 Å². The number of ether oxygens (including phenoxy) is 2. The molecule has 0 saturated carbocycles. The number of methoxy groups -OCH3 is 2. The zero-order chi connectivity index (χ0) is 19.8. The van der Waals surface area contributed by atoms with Gasteiger partial charge in [-0.15, -0.1) is 0 Å². The van der Waals surface area contributed by atoms with Crippen LogP contribution in [0.15, 0.2) is 36.4 Å². The largest absolute Gasteiger partial charge is 0.493 e. The molecular weight excluding hydrogens is 362 g/mol. The van der Waals surface area contributed by atoms with Crippen molar-refractivity contribution in [3.8, 4) is 11.5 Å². The molecular formula is C20H25N3O3S. The van der Waals surface area contributed by atoms with Crippen molar-refractivity contribution in [2.24, 2.45) is 0 Å². The van der Waals surface area contributed by atoms with Crippen molar-refractivity contribution in [3.05, 3.63) is 58.7 Å². The van der Waals surface area contributed by atoms with Gasteiger partial charge in [0.25, 0.3) is 5.91 Å². The van der Waals surface area contributed by atoms with E-state index < -0.39 is 0 Å². The number of carbonyl (C=O) groups excluding carboxylic acids is 1. The molecule has 2 aromatic rings. The van der Waals surface area contributed by atoms with Gasteiger partial charge >= 0.3 is 0 Å². The summed E-state index contributed by atoms with van der Waals surface area (Å²) >= 11 is 5.19. The number of amides is 1. The van der Waals surface area contributed by atoms with Crippen LogP contribution in [0.2, 0.25) is 0 Å². The molecule has 0 fully saturated rings. The number of thiocarbonyl (C=S) groups is 1. The lowest BCUT2D eigenvalue weighted by Crippen LogP contribution is -2.47. The van der Waals surface area contributed by atoms with E-state index in [2.05, 4.69) is 16.2 Å². The molecule has 1 amide bonds. The molecule has 0 aromatic heterocycles. The minimum absolute atomic E-state index is 0.234. The maximum atomic E-state index is 12.2. The van der Waals surface area contributed by atoms with Crippen LogP contribution in [-0.2, 0) is 6.42 Å². The number of hydrazine groups is 1. The predicted octanol–water partition coefficient (Wildman–Crippen LogP) is 2.67. The molecule has 0 aliphatic carbocycles. The van der Waals surface area contributed by atoms with Gasteiger partial charge in [0.15, 0.2) is 16.6 Å². The first-order valence-corrected chi connectivity index (χ1v) is 8.97. The van der Waals surface area contributed by atoms with Gasteiger partial charge in [-0.3, -0.25) is 15.6 Å². The van der Waals surface area contributed by atoms with E-state index in [1.165, 1.54) is 0 Å². The molecule has 0 aliphatic rings. The highest BCUT2D eigenvalue weighted by molar-refractivity contribution is 7.80. The molecule has 0 spiro atoms. The van der Waals surface area contributed by atoms with Gasteiger partial charge in [0.1, 0.15) is 0 Å². The van der Waals surface area contributed by atoms with Crippen molar-refractivity contribution in [1.29, 1.82) is 0 Å². The summed E-state index contributed by atoms with van der Waals surface area (Å²) < 4.78 is 10.5. The van der Waals surface area contributed by atoms with Gasteiger partial charge in [0.2, 0.25) is 0 Å². The van der Waals surface area contributed by atoms with Gasteiger partial charge in [-0.25, -0.2) is 0 Å². The number of hydrogen-bond donors (Lipinski definition) is 3. The van der Waals surface area contributed by atoms with Crippen LogP contribution in [0.1, 0.15) is 27.0 Å². The summed E-state index contributed by atoms with van der Waals surface area (Å²) in [5.41, 5.74) is 9.20. The van der Waals surface area contributed by atoms with Crippen LogP contribution in [0.4, 0.5) is 0 Å². The molecule has 0 heterocycles. The summed E-state index contributed by atoms with van der Waals surface area (Å²) in [5, 5.41) is 3.41. The first kappa shape index (κ1) is 20.5. The third-order valence-electron chi connectivity index (χ3n) is 4.21. The number of hydrogen-bond acceptors (Lipinski definition) is 4.